The second kappa shape index (κ2) is 7.40. The summed E-state index contributed by atoms with van der Waals surface area (Å²) in [7, 11) is -3.45. The van der Waals surface area contributed by atoms with Gasteiger partial charge in [0, 0.05) is 31.7 Å². The summed E-state index contributed by atoms with van der Waals surface area (Å²) in [5, 5.41) is 8.35. The van der Waals surface area contributed by atoms with Crippen molar-refractivity contribution in [1.82, 2.24) is 24.2 Å². The standard InChI is InChI=1S/C18H23N5O3S/c24-18(21-13-7-16(8-14-21)23-19-9-10-20-23)15-3-5-17(6-4-15)27(25,26)22-11-1-2-12-22/h3-6,9-10,16H,1-2,7-8,11-14H2. The lowest BCUT2D eigenvalue weighted by molar-refractivity contribution is 0.0683. The Balaban J connectivity index is 1.41. The van der Waals surface area contributed by atoms with Gasteiger partial charge in [-0.3, -0.25) is 4.79 Å². The molecule has 144 valence electrons. The normalized spacial score (nSPS) is 19.5. The quantitative estimate of drug-likeness (QED) is 0.791. The van der Waals surface area contributed by atoms with Gasteiger partial charge in [0.25, 0.3) is 5.91 Å². The van der Waals surface area contributed by atoms with E-state index in [4.69, 9.17) is 0 Å². The molecule has 0 radical (unpaired) electrons. The molecule has 27 heavy (non-hydrogen) atoms. The van der Waals surface area contributed by atoms with Crippen molar-refractivity contribution in [2.45, 2.75) is 36.6 Å². The Hall–Kier alpha value is -2.26. The van der Waals surface area contributed by atoms with E-state index in [1.54, 1.807) is 41.5 Å². The molecule has 8 nitrogen and oxygen atoms in total. The number of hydrogen-bond donors (Lipinski definition) is 0. The average Bonchev–Trinajstić information content (AvgIpc) is 3.42. The smallest absolute Gasteiger partial charge is 0.253 e. The van der Waals surface area contributed by atoms with Gasteiger partial charge in [0.2, 0.25) is 10.0 Å². The lowest BCUT2D eigenvalue weighted by atomic mass is 10.0. The third-order valence-corrected chi connectivity index (χ3v) is 7.23. The van der Waals surface area contributed by atoms with E-state index in [-0.39, 0.29) is 16.8 Å². The molecule has 2 aliphatic rings. The topological polar surface area (TPSA) is 88.4 Å². The fourth-order valence-corrected chi connectivity index (χ4v) is 5.26. The Kier molecular flexibility index (Phi) is 4.96. The van der Waals surface area contributed by atoms with Crippen LogP contribution in [0.3, 0.4) is 0 Å². The van der Waals surface area contributed by atoms with Crippen molar-refractivity contribution >= 4 is 15.9 Å². The van der Waals surface area contributed by atoms with Crippen molar-refractivity contribution in [2.24, 2.45) is 0 Å². The second-order valence-electron chi connectivity index (χ2n) is 7.01. The summed E-state index contributed by atoms with van der Waals surface area (Å²) in [4.78, 5) is 16.5. The van der Waals surface area contributed by atoms with Crippen molar-refractivity contribution in [3.63, 3.8) is 0 Å². The summed E-state index contributed by atoms with van der Waals surface area (Å²) in [6.07, 6.45) is 6.74. The molecule has 4 rings (SSSR count). The number of rotatable bonds is 4. The van der Waals surface area contributed by atoms with Gasteiger partial charge in [-0.1, -0.05) is 0 Å². The number of amides is 1. The lowest BCUT2D eigenvalue weighted by Crippen LogP contribution is -2.39. The number of likely N-dealkylation sites (tertiary alicyclic amines) is 1. The number of piperidine rings is 1. The molecule has 0 saturated carbocycles. The summed E-state index contributed by atoms with van der Waals surface area (Å²) in [5.74, 6) is -0.0630. The van der Waals surface area contributed by atoms with Crippen LogP contribution in [-0.2, 0) is 10.0 Å². The number of nitrogens with zero attached hydrogens (tertiary/aromatic N) is 5. The number of hydrogen-bond acceptors (Lipinski definition) is 5. The Labute approximate surface area is 158 Å². The first-order chi connectivity index (χ1) is 13.1. The third kappa shape index (κ3) is 3.61. The molecule has 0 bridgehead atoms. The Bertz CT molecular complexity index is 882. The van der Waals surface area contributed by atoms with Crippen molar-refractivity contribution in [3.05, 3.63) is 42.2 Å². The fraction of sp³-hybridized carbons (Fsp3) is 0.500. The van der Waals surface area contributed by atoms with Gasteiger partial charge >= 0.3 is 0 Å². The van der Waals surface area contributed by atoms with Crippen molar-refractivity contribution in [2.75, 3.05) is 26.2 Å². The molecule has 2 aromatic rings. The minimum Gasteiger partial charge on any atom is -0.338 e. The number of carbonyl (C=O) groups excluding carboxylic acids is 1. The highest BCUT2D eigenvalue weighted by molar-refractivity contribution is 7.89. The van der Waals surface area contributed by atoms with Crippen LogP contribution in [0, 0.1) is 0 Å². The van der Waals surface area contributed by atoms with Gasteiger partial charge in [-0.15, -0.1) is 0 Å². The van der Waals surface area contributed by atoms with Crippen LogP contribution >= 0.6 is 0 Å². The summed E-state index contributed by atoms with van der Waals surface area (Å²) in [6, 6.07) is 6.54. The van der Waals surface area contributed by atoms with E-state index in [0.29, 0.717) is 31.7 Å². The third-order valence-electron chi connectivity index (χ3n) is 5.32. The SMILES string of the molecule is O=C(c1ccc(S(=O)(=O)N2CCCC2)cc1)N1CCC(n2nccn2)CC1. The molecule has 3 heterocycles. The highest BCUT2D eigenvalue weighted by Crippen LogP contribution is 2.24. The monoisotopic (exact) mass is 389 g/mol. The van der Waals surface area contributed by atoms with E-state index in [1.807, 2.05) is 4.90 Å². The first-order valence-corrected chi connectivity index (χ1v) is 10.7. The zero-order valence-corrected chi connectivity index (χ0v) is 15.9. The molecule has 0 spiro atoms. The molecule has 2 fully saturated rings. The van der Waals surface area contributed by atoms with Crippen LogP contribution in [0.25, 0.3) is 0 Å². The van der Waals surface area contributed by atoms with Crippen LogP contribution in [-0.4, -0.2) is 64.7 Å². The predicted octanol–water partition coefficient (Wildman–Crippen LogP) is 1.54. The summed E-state index contributed by atoms with van der Waals surface area (Å²) < 4.78 is 26.7. The zero-order chi connectivity index (χ0) is 18.9. The number of sulfonamides is 1. The molecule has 2 saturated heterocycles. The van der Waals surface area contributed by atoms with E-state index in [2.05, 4.69) is 10.2 Å². The van der Waals surface area contributed by atoms with Crippen LogP contribution < -0.4 is 0 Å². The zero-order valence-electron chi connectivity index (χ0n) is 15.1. The lowest BCUT2D eigenvalue weighted by Gasteiger charge is -2.31. The Morgan fingerprint density at radius 2 is 1.52 bits per heavy atom. The van der Waals surface area contributed by atoms with Crippen molar-refractivity contribution in [1.29, 1.82) is 0 Å². The van der Waals surface area contributed by atoms with Crippen molar-refractivity contribution < 1.29 is 13.2 Å². The number of aromatic nitrogens is 3. The largest absolute Gasteiger partial charge is 0.338 e. The first-order valence-electron chi connectivity index (χ1n) is 9.31. The molecular formula is C18H23N5O3S. The summed E-state index contributed by atoms with van der Waals surface area (Å²) >= 11 is 0. The maximum Gasteiger partial charge on any atom is 0.253 e. The highest BCUT2D eigenvalue weighted by atomic mass is 32.2. The first kappa shape index (κ1) is 18.1. The van der Waals surface area contributed by atoms with Gasteiger partial charge in [-0.25, -0.2) is 8.42 Å². The molecule has 9 heteroatoms. The molecule has 0 unspecified atom stereocenters. The molecule has 0 N–H and O–H groups in total. The van der Waals surface area contributed by atoms with Gasteiger partial charge in [0.05, 0.1) is 23.3 Å². The van der Waals surface area contributed by atoms with Crippen LogP contribution in [0.2, 0.25) is 0 Å². The van der Waals surface area contributed by atoms with E-state index in [0.717, 1.165) is 25.7 Å². The van der Waals surface area contributed by atoms with Gasteiger partial charge in [0.15, 0.2) is 0 Å². The van der Waals surface area contributed by atoms with Gasteiger partial charge in [-0.05, 0) is 49.9 Å². The van der Waals surface area contributed by atoms with E-state index >= 15 is 0 Å². The minimum atomic E-state index is -3.45. The van der Waals surface area contributed by atoms with Crippen molar-refractivity contribution in [3.8, 4) is 0 Å². The Morgan fingerprint density at radius 1 is 0.926 bits per heavy atom. The predicted molar refractivity (Wildman–Crippen MR) is 98.6 cm³/mol. The fourth-order valence-electron chi connectivity index (χ4n) is 3.74. The molecular weight excluding hydrogens is 366 g/mol. The molecule has 2 aliphatic heterocycles. The van der Waals surface area contributed by atoms with E-state index < -0.39 is 10.0 Å². The average molecular weight is 389 g/mol. The maximum absolute atomic E-state index is 12.7. The molecule has 1 aromatic heterocycles. The summed E-state index contributed by atoms with van der Waals surface area (Å²) in [6.45, 7) is 2.42. The molecule has 0 aliphatic carbocycles. The maximum atomic E-state index is 12.7. The highest BCUT2D eigenvalue weighted by Gasteiger charge is 2.28. The van der Waals surface area contributed by atoms with Crippen LogP contribution in [0.15, 0.2) is 41.6 Å². The molecule has 0 atom stereocenters. The van der Waals surface area contributed by atoms with E-state index in [1.165, 1.54) is 4.31 Å². The summed E-state index contributed by atoms with van der Waals surface area (Å²) in [5.41, 5.74) is 0.519. The van der Waals surface area contributed by atoms with Crippen LogP contribution in [0.4, 0.5) is 0 Å². The second-order valence-corrected chi connectivity index (χ2v) is 8.95. The number of benzene rings is 1. The van der Waals surface area contributed by atoms with Gasteiger partial charge in [0.1, 0.15) is 0 Å². The Morgan fingerprint density at radius 3 is 2.11 bits per heavy atom. The molecule has 1 aromatic carbocycles. The van der Waals surface area contributed by atoms with Gasteiger partial charge < -0.3 is 4.90 Å². The van der Waals surface area contributed by atoms with Gasteiger partial charge in [-0.2, -0.15) is 19.3 Å². The van der Waals surface area contributed by atoms with Crippen LogP contribution in [0.5, 0.6) is 0 Å². The minimum absolute atomic E-state index is 0.0630. The van der Waals surface area contributed by atoms with Crippen LogP contribution in [0.1, 0.15) is 42.1 Å². The van der Waals surface area contributed by atoms with E-state index in [9.17, 15) is 13.2 Å². The number of carbonyl (C=O) groups is 1. The molecule has 1 amide bonds.